The number of methoxy groups -OCH3 is 2. The Kier molecular flexibility index (Phi) is 4.20. The summed E-state index contributed by atoms with van der Waals surface area (Å²) in [6.45, 7) is 0. The van der Waals surface area contributed by atoms with Gasteiger partial charge >= 0.3 is 0 Å². The first-order valence-corrected chi connectivity index (χ1v) is 7.27. The Morgan fingerprint density at radius 1 is 1.00 bits per heavy atom. The maximum Gasteiger partial charge on any atom is 0.261 e. The number of carbonyl (C=O) groups excluding carboxylic acids is 1. The summed E-state index contributed by atoms with van der Waals surface area (Å²) < 4.78 is 10.2. The molecule has 0 bridgehead atoms. The first-order valence-electron chi connectivity index (χ1n) is 7.27. The number of H-pyrrole nitrogens is 1. The van der Waals surface area contributed by atoms with Gasteiger partial charge in [-0.3, -0.25) is 9.59 Å². The van der Waals surface area contributed by atoms with Gasteiger partial charge in [-0.05, 0) is 42.5 Å². The Balaban J connectivity index is 1.94. The van der Waals surface area contributed by atoms with E-state index in [1.54, 1.807) is 49.6 Å². The van der Waals surface area contributed by atoms with Crippen LogP contribution in [0.5, 0.6) is 11.5 Å². The Bertz CT molecular complexity index is 945. The molecule has 0 aliphatic heterocycles. The van der Waals surface area contributed by atoms with E-state index in [2.05, 4.69) is 10.3 Å². The number of ether oxygens (including phenoxy) is 2. The standard InChI is InChI=1S/C18H16N2O4/c1-23-12-5-3-11(4-6-12)20-18(22)15-10-19-16-8-7-13(24-2)9-14(16)17(15)21/h3-10H,1-2H3,(H,19,21)(H,20,22). The smallest absolute Gasteiger partial charge is 0.261 e. The summed E-state index contributed by atoms with van der Waals surface area (Å²) in [5.74, 6) is 0.760. The first-order chi connectivity index (χ1) is 11.6. The summed E-state index contributed by atoms with van der Waals surface area (Å²) in [7, 11) is 3.09. The molecular formula is C18H16N2O4. The van der Waals surface area contributed by atoms with Gasteiger partial charge in [0.15, 0.2) is 0 Å². The van der Waals surface area contributed by atoms with Crippen LogP contribution in [0.1, 0.15) is 10.4 Å². The van der Waals surface area contributed by atoms with Crippen LogP contribution < -0.4 is 20.2 Å². The molecule has 2 aromatic carbocycles. The van der Waals surface area contributed by atoms with Crippen LogP contribution >= 0.6 is 0 Å². The van der Waals surface area contributed by atoms with Gasteiger partial charge in [-0.15, -0.1) is 0 Å². The number of amides is 1. The van der Waals surface area contributed by atoms with Crippen LogP contribution in [0.2, 0.25) is 0 Å². The van der Waals surface area contributed by atoms with Crippen molar-refractivity contribution < 1.29 is 14.3 Å². The SMILES string of the molecule is COc1ccc(NC(=O)c2c[nH]c3ccc(OC)cc3c2=O)cc1. The fourth-order valence-corrected chi connectivity index (χ4v) is 2.37. The highest BCUT2D eigenvalue weighted by Gasteiger charge is 2.14. The molecule has 3 aromatic rings. The number of fused-ring (bicyclic) bond motifs is 1. The fourth-order valence-electron chi connectivity index (χ4n) is 2.37. The summed E-state index contributed by atoms with van der Waals surface area (Å²) in [5.41, 5.74) is 0.896. The number of nitrogens with one attached hydrogen (secondary N) is 2. The van der Waals surface area contributed by atoms with Crippen LogP contribution in [-0.4, -0.2) is 25.1 Å². The van der Waals surface area contributed by atoms with Crippen molar-refractivity contribution in [3.8, 4) is 11.5 Å². The summed E-state index contributed by atoms with van der Waals surface area (Å²) in [5, 5.41) is 3.10. The molecule has 0 unspecified atom stereocenters. The molecule has 1 aromatic heterocycles. The lowest BCUT2D eigenvalue weighted by atomic mass is 10.1. The third-order valence-corrected chi connectivity index (χ3v) is 3.68. The number of rotatable bonds is 4. The van der Waals surface area contributed by atoms with E-state index in [1.165, 1.54) is 13.3 Å². The Morgan fingerprint density at radius 3 is 2.33 bits per heavy atom. The predicted molar refractivity (Wildman–Crippen MR) is 92.1 cm³/mol. The van der Waals surface area contributed by atoms with E-state index in [0.29, 0.717) is 28.1 Å². The highest BCUT2D eigenvalue weighted by molar-refractivity contribution is 6.05. The van der Waals surface area contributed by atoms with E-state index in [4.69, 9.17) is 9.47 Å². The van der Waals surface area contributed by atoms with Crippen molar-refractivity contribution in [2.24, 2.45) is 0 Å². The van der Waals surface area contributed by atoms with Crippen LogP contribution in [0, 0.1) is 0 Å². The lowest BCUT2D eigenvalue weighted by Gasteiger charge is -2.07. The molecule has 0 spiro atoms. The van der Waals surface area contributed by atoms with Crippen molar-refractivity contribution in [3.05, 3.63) is 64.4 Å². The van der Waals surface area contributed by atoms with Crippen molar-refractivity contribution in [1.82, 2.24) is 4.98 Å². The molecule has 6 nitrogen and oxygen atoms in total. The van der Waals surface area contributed by atoms with E-state index in [1.807, 2.05) is 0 Å². The Morgan fingerprint density at radius 2 is 1.67 bits per heavy atom. The molecule has 0 atom stereocenters. The second kappa shape index (κ2) is 6.45. The van der Waals surface area contributed by atoms with Gasteiger partial charge < -0.3 is 19.8 Å². The van der Waals surface area contributed by atoms with E-state index in [9.17, 15) is 9.59 Å². The molecule has 122 valence electrons. The lowest BCUT2D eigenvalue weighted by Crippen LogP contribution is -2.21. The maximum atomic E-state index is 12.6. The zero-order valence-corrected chi connectivity index (χ0v) is 13.3. The lowest BCUT2D eigenvalue weighted by molar-refractivity contribution is 0.102. The van der Waals surface area contributed by atoms with Crippen molar-refractivity contribution in [2.75, 3.05) is 19.5 Å². The van der Waals surface area contributed by atoms with Gasteiger partial charge in [0.1, 0.15) is 17.1 Å². The second-order valence-corrected chi connectivity index (χ2v) is 5.13. The average Bonchev–Trinajstić information content (AvgIpc) is 2.62. The zero-order chi connectivity index (χ0) is 17.1. The van der Waals surface area contributed by atoms with Crippen LogP contribution in [0.3, 0.4) is 0 Å². The highest BCUT2D eigenvalue weighted by atomic mass is 16.5. The van der Waals surface area contributed by atoms with E-state index in [0.717, 1.165) is 0 Å². The van der Waals surface area contributed by atoms with Crippen LogP contribution in [0.4, 0.5) is 5.69 Å². The molecule has 0 aliphatic rings. The Labute approximate surface area is 138 Å². The number of aromatic amines is 1. The zero-order valence-electron chi connectivity index (χ0n) is 13.3. The maximum absolute atomic E-state index is 12.6. The first kappa shape index (κ1) is 15.6. The molecule has 0 saturated carbocycles. The minimum atomic E-state index is -0.480. The minimum absolute atomic E-state index is 0.0339. The van der Waals surface area contributed by atoms with Crippen molar-refractivity contribution in [3.63, 3.8) is 0 Å². The predicted octanol–water partition coefficient (Wildman–Crippen LogP) is 2.80. The van der Waals surface area contributed by atoms with Crippen molar-refractivity contribution in [1.29, 1.82) is 0 Å². The number of benzene rings is 2. The molecule has 2 N–H and O–H groups in total. The largest absolute Gasteiger partial charge is 0.497 e. The molecule has 0 saturated heterocycles. The number of aromatic nitrogens is 1. The quantitative estimate of drug-likeness (QED) is 0.773. The van der Waals surface area contributed by atoms with Gasteiger partial charge in [0, 0.05) is 22.8 Å². The Hall–Kier alpha value is -3.28. The number of hydrogen-bond acceptors (Lipinski definition) is 4. The molecule has 1 heterocycles. The molecule has 1 amide bonds. The summed E-state index contributed by atoms with van der Waals surface area (Å²) in [6, 6.07) is 12.0. The second-order valence-electron chi connectivity index (χ2n) is 5.13. The molecule has 3 rings (SSSR count). The summed E-state index contributed by atoms with van der Waals surface area (Å²) in [6.07, 6.45) is 1.41. The van der Waals surface area contributed by atoms with Crippen LogP contribution in [0.15, 0.2) is 53.5 Å². The van der Waals surface area contributed by atoms with Crippen LogP contribution in [-0.2, 0) is 0 Å². The minimum Gasteiger partial charge on any atom is -0.497 e. The summed E-state index contributed by atoms with van der Waals surface area (Å²) in [4.78, 5) is 27.9. The third-order valence-electron chi connectivity index (χ3n) is 3.68. The third kappa shape index (κ3) is 2.94. The molecule has 6 heteroatoms. The van der Waals surface area contributed by atoms with Crippen LogP contribution in [0.25, 0.3) is 10.9 Å². The van der Waals surface area contributed by atoms with Gasteiger partial charge in [-0.2, -0.15) is 0 Å². The van der Waals surface area contributed by atoms with Crippen molar-refractivity contribution >= 4 is 22.5 Å². The van der Waals surface area contributed by atoms with E-state index in [-0.39, 0.29) is 11.0 Å². The highest BCUT2D eigenvalue weighted by Crippen LogP contribution is 2.18. The normalized spacial score (nSPS) is 10.4. The number of hydrogen-bond donors (Lipinski definition) is 2. The molecule has 0 fully saturated rings. The van der Waals surface area contributed by atoms with Gasteiger partial charge in [0.05, 0.1) is 14.2 Å². The van der Waals surface area contributed by atoms with Gasteiger partial charge in [-0.25, -0.2) is 0 Å². The molecule has 0 radical (unpaired) electrons. The van der Waals surface area contributed by atoms with E-state index < -0.39 is 5.91 Å². The topological polar surface area (TPSA) is 80.4 Å². The van der Waals surface area contributed by atoms with Crippen molar-refractivity contribution in [2.45, 2.75) is 0 Å². The number of carbonyl (C=O) groups is 1. The summed E-state index contributed by atoms with van der Waals surface area (Å²) >= 11 is 0. The molecule has 0 aliphatic carbocycles. The monoisotopic (exact) mass is 324 g/mol. The van der Waals surface area contributed by atoms with Gasteiger partial charge in [-0.1, -0.05) is 0 Å². The molecule has 24 heavy (non-hydrogen) atoms. The van der Waals surface area contributed by atoms with Gasteiger partial charge in [0.2, 0.25) is 5.43 Å². The molecular weight excluding hydrogens is 308 g/mol. The van der Waals surface area contributed by atoms with E-state index >= 15 is 0 Å². The van der Waals surface area contributed by atoms with Gasteiger partial charge in [0.25, 0.3) is 5.91 Å². The number of anilines is 1. The average molecular weight is 324 g/mol. The fraction of sp³-hybridized carbons (Fsp3) is 0.111. The number of pyridine rings is 1.